The molecule has 56 valence electrons. The normalized spacial score (nSPS) is 8.73. The van der Waals surface area contributed by atoms with Gasteiger partial charge >= 0.3 is 73.4 Å². The molecule has 0 aliphatic carbocycles. The molecule has 0 amide bonds. The van der Waals surface area contributed by atoms with Crippen molar-refractivity contribution >= 4 is 41.5 Å². The van der Waals surface area contributed by atoms with Gasteiger partial charge in [-0.1, -0.05) is 0 Å². The van der Waals surface area contributed by atoms with E-state index in [1.165, 1.54) is 11.3 Å². The molecule has 0 saturated carbocycles. The van der Waals surface area contributed by atoms with Crippen LogP contribution in [-0.2, 0) is 4.57 Å². The maximum atomic E-state index is 10.0. The van der Waals surface area contributed by atoms with Gasteiger partial charge in [-0.15, -0.1) is 0 Å². The molecule has 0 aliphatic rings. The van der Waals surface area contributed by atoms with Crippen LogP contribution in [0, 0.1) is 5.63 Å². The van der Waals surface area contributed by atoms with Crippen LogP contribution < -0.4 is 5.73 Å². The Balaban J connectivity index is 2.99. The zero-order valence-electron chi connectivity index (χ0n) is 5.27. The SMILES string of the molecule is Nc1nc(C(=S)C#P=O)cs1. The summed E-state index contributed by atoms with van der Waals surface area (Å²) in [5.41, 5.74) is 8.32. The molecule has 1 heterocycles. The predicted octanol–water partition coefficient (Wildman–Crippen LogP) is 1.69. The van der Waals surface area contributed by atoms with Crippen LogP contribution in [-0.4, -0.2) is 9.85 Å². The van der Waals surface area contributed by atoms with Gasteiger partial charge in [0.05, 0.1) is 0 Å². The Morgan fingerprint density at radius 3 is 3.09 bits per heavy atom. The van der Waals surface area contributed by atoms with E-state index in [0.29, 0.717) is 15.7 Å². The molecule has 0 radical (unpaired) electrons. The fraction of sp³-hybridized carbons (Fsp3) is 0. The summed E-state index contributed by atoms with van der Waals surface area (Å²) in [5.74, 6) is 0. The Bertz CT molecular complexity index is 380. The topological polar surface area (TPSA) is 56.0 Å². The summed E-state index contributed by atoms with van der Waals surface area (Å²) >= 11 is 6.10. The van der Waals surface area contributed by atoms with E-state index in [4.69, 9.17) is 18.0 Å². The van der Waals surface area contributed by atoms with Gasteiger partial charge in [0.15, 0.2) is 0 Å². The van der Waals surface area contributed by atoms with Crippen LogP contribution in [0.5, 0.6) is 0 Å². The standard InChI is InChI=1S/C5H3N2OPS2/c6-5-7-3(2-11-5)4(10)1-9-8/h2H,(H2,6,7). The summed E-state index contributed by atoms with van der Waals surface area (Å²) in [4.78, 5) is 4.22. The summed E-state index contributed by atoms with van der Waals surface area (Å²) in [7, 11) is -0.224. The Kier molecular flexibility index (Phi) is 2.97. The average molecular weight is 202 g/mol. The first-order valence-electron chi connectivity index (χ1n) is 2.57. The van der Waals surface area contributed by atoms with E-state index in [-0.39, 0.29) is 7.92 Å². The van der Waals surface area contributed by atoms with Gasteiger partial charge in [0.25, 0.3) is 0 Å². The van der Waals surface area contributed by atoms with Crippen molar-refractivity contribution in [3.8, 4) is 5.63 Å². The van der Waals surface area contributed by atoms with E-state index >= 15 is 0 Å². The van der Waals surface area contributed by atoms with Crippen molar-refractivity contribution in [1.82, 2.24) is 4.98 Å². The van der Waals surface area contributed by atoms with Crippen molar-refractivity contribution in [2.75, 3.05) is 5.73 Å². The Hall–Kier alpha value is -0.470. The van der Waals surface area contributed by atoms with E-state index in [9.17, 15) is 4.57 Å². The summed E-state index contributed by atoms with van der Waals surface area (Å²) < 4.78 is 10.0. The van der Waals surface area contributed by atoms with E-state index < -0.39 is 0 Å². The number of rotatable bonds is 1. The molecule has 6 heteroatoms. The van der Waals surface area contributed by atoms with Crippen molar-refractivity contribution in [2.24, 2.45) is 0 Å². The zero-order valence-corrected chi connectivity index (χ0v) is 7.80. The first-order chi connectivity index (χ1) is 5.24. The summed E-state index contributed by atoms with van der Waals surface area (Å²) in [6.07, 6.45) is 0. The van der Waals surface area contributed by atoms with Crippen LogP contribution in [0.15, 0.2) is 5.38 Å². The second kappa shape index (κ2) is 3.79. The number of thiocarbonyl (C=S) groups is 1. The van der Waals surface area contributed by atoms with Gasteiger partial charge in [-0.3, -0.25) is 0 Å². The van der Waals surface area contributed by atoms with Gasteiger partial charge < -0.3 is 0 Å². The maximum absolute atomic E-state index is 10.0. The molecule has 1 rings (SSSR count). The quantitative estimate of drug-likeness (QED) is 0.427. The molecule has 0 atom stereocenters. The molecule has 0 bridgehead atoms. The number of nitrogen functional groups attached to an aromatic ring is 1. The molecule has 3 nitrogen and oxygen atoms in total. The van der Waals surface area contributed by atoms with Crippen LogP contribution in [0.2, 0.25) is 0 Å². The number of hydrogen-bond donors (Lipinski definition) is 1. The number of anilines is 1. The number of thiazole rings is 1. The van der Waals surface area contributed by atoms with Crippen LogP contribution in [0.4, 0.5) is 5.13 Å². The van der Waals surface area contributed by atoms with Gasteiger partial charge in [0.2, 0.25) is 0 Å². The third-order valence-corrected chi connectivity index (χ3v) is 2.35. The van der Waals surface area contributed by atoms with Crippen molar-refractivity contribution in [1.29, 1.82) is 0 Å². The molecule has 0 spiro atoms. The van der Waals surface area contributed by atoms with E-state index in [1.54, 1.807) is 5.38 Å². The molecule has 0 aliphatic heterocycles. The second-order valence-electron chi connectivity index (χ2n) is 1.60. The van der Waals surface area contributed by atoms with Crippen LogP contribution in [0.1, 0.15) is 5.69 Å². The molecule has 1 aromatic rings. The van der Waals surface area contributed by atoms with Crippen molar-refractivity contribution in [3.63, 3.8) is 0 Å². The average Bonchev–Trinajstić information content (AvgIpc) is 2.36. The first-order valence-corrected chi connectivity index (χ1v) is 4.67. The van der Waals surface area contributed by atoms with Crippen LogP contribution in [0.3, 0.4) is 0 Å². The Morgan fingerprint density at radius 2 is 2.64 bits per heavy atom. The molecular formula is C5H3N2OPS2. The number of nitrogens with zero attached hydrogens (tertiary/aromatic N) is 1. The minimum absolute atomic E-state index is 0.224. The number of aromatic nitrogens is 1. The third kappa shape index (κ3) is 2.24. The van der Waals surface area contributed by atoms with Crippen molar-refractivity contribution in [3.05, 3.63) is 11.1 Å². The molecule has 0 aromatic carbocycles. The number of hydrogen-bond acceptors (Lipinski definition) is 5. The van der Waals surface area contributed by atoms with Gasteiger partial charge in [-0.2, -0.15) is 0 Å². The fourth-order valence-corrected chi connectivity index (χ4v) is 1.53. The molecule has 1 aromatic heterocycles. The van der Waals surface area contributed by atoms with Crippen LogP contribution in [0.25, 0.3) is 0 Å². The molecule has 2 N–H and O–H groups in total. The van der Waals surface area contributed by atoms with Crippen molar-refractivity contribution in [2.45, 2.75) is 0 Å². The Labute approximate surface area is 73.8 Å². The summed E-state index contributed by atoms with van der Waals surface area (Å²) in [6.45, 7) is 0. The summed E-state index contributed by atoms with van der Waals surface area (Å²) in [6, 6.07) is 0. The molecular weight excluding hydrogens is 199 g/mol. The van der Waals surface area contributed by atoms with E-state index in [2.05, 4.69) is 10.6 Å². The van der Waals surface area contributed by atoms with Gasteiger partial charge in [0, 0.05) is 0 Å². The Morgan fingerprint density at radius 1 is 1.91 bits per heavy atom. The predicted molar refractivity (Wildman–Crippen MR) is 49.7 cm³/mol. The molecule has 0 unspecified atom stereocenters. The van der Waals surface area contributed by atoms with Gasteiger partial charge in [-0.05, 0) is 0 Å². The number of nitrogens with two attached hydrogens (primary N) is 1. The first kappa shape index (κ1) is 8.62. The zero-order chi connectivity index (χ0) is 8.27. The summed E-state index contributed by atoms with van der Waals surface area (Å²) in [5, 5.41) is 2.15. The minimum atomic E-state index is -0.224. The second-order valence-corrected chi connectivity index (χ2v) is 3.31. The van der Waals surface area contributed by atoms with Crippen molar-refractivity contribution < 1.29 is 4.57 Å². The molecule has 0 fully saturated rings. The third-order valence-electron chi connectivity index (χ3n) is 0.902. The fourth-order valence-electron chi connectivity index (χ4n) is 0.491. The van der Waals surface area contributed by atoms with E-state index in [0.717, 1.165) is 0 Å². The molecule has 11 heavy (non-hydrogen) atoms. The van der Waals surface area contributed by atoms with Gasteiger partial charge in [0.1, 0.15) is 0 Å². The molecule has 0 saturated heterocycles. The van der Waals surface area contributed by atoms with Gasteiger partial charge in [-0.25, -0.2) is 0 Å². The monoisotopic (exact) mass is 202 g/mol. The van der Waals surface area contributed by atoms with E-state index in [1.807, 2.05) is 0 Å². The van der Waals surface area contributed by atoms with Crippen LogP contribution >= 0.6 is 31.5 Å².